The van der Waals surface area contributed by atoms with Gasteiger partial charge in [0, 0.05) is 37.8 Å². The molecular weight excluding hydrogens is 460 g/mol. The van der Waals surface area contributed by atoms with E-state index < -0.39 is 0 Å². The zero-order valence-corrected chi connectivity index (χ0v) is 20.3. The molecule has 10 nitrogen and oxygen atoms in total. The van der Waals surface area contributed by atoms with E-state index in [0.29, 0.717) is 46.4 Å². The number of nitrogens with one attached hydrogen (secondary N) is 1. The molecule has 4 rings (SSSR count). The van der Waals surface area contributed by atoms with Crippen molar-refractivity contribution in [2.75, 3.05) is 51.9 Å². The van der Waals surface area contributed by atoms with Crippen LogP contribution in [0.25, 0.3) is 10.9 Å². The first kappa shape index (κ1) is 24.2. The van der Waals surface area contributed by atoms with Crippen LogP contribution in [-0.4, -0.2) is 77.7 Å². The van der Waals surface area contributed by atoms with Crippen molar-refractivity contribution in [1.82, 2.24) is 25.1 Å². The van der Waals surface area contributed by atoms with E-state index >= 15 is 0 Å². The third kappa shape index (κ3) is 6.13. The Hall–Kier alpha value is -2.95. The van der Waals surface area contributed by atoms with Crippen LogP contribution in [-0.2, 0) is 4.74 Å². The summed E-state index contributed by atoms with van der Waals surface area (Å²) in [5.74, 6) is 2.14. The van der Waals surface area contributed by atoms with Gasteiger partial charge in [-0.25, -0.2) is 9.97 Å². The molecule has 0 amide bonds. The second kappa shape index (κ2) is 11.5. The molecule has 0 aliphatic carbocycles. The number of hydrogen-bond acceptors (Lipinski definition) is 10. The summed E-state index contributed by atoms with van der Waals surface area (Å²) in [5, 5.41) is 12.0. The van der Waals surface area contributed by atoms with Gasteiger partial charge in [-0.2, -0.15) is 0 Å². The van der Waals surface area contributed by atoms with Crippen molar-refractivity contribution in [2.45, 2.75) is 26.4 Å². The third-order valence-electron chi connectivity index (χ3n) is 5.21. The molecule has 0 saturated carbocycles. The average Bonchev–Trinajstić information content (AvgIpc) is 2.82. The van der Waals surface area contributed by atoms with Gasteiger partial charge in [0.05, 0.1) is 43.9 Å². The second-order valence-corrected chi connectivity index (χ2v) is 8.46. The van der Waals surface area contributed by atoms with Crippen LogP contribution < -0.4 is 19.5 Å². The maximum atomic E-state index is 6.12. The van der Waals surface area contributed by atoms with Crippen LogP contribution in [0.3, 0.4) is 0 Å². The van der Waals surface area contributed by atoms with Crippen LogP contribution in [0.15, 0.2) is 24.5 Å². The van der Waals surface area contributed by atoms with Crippen molar-refractivity contribution in [3.05, 3.63) is 29.7 Å². The molecule has 3 aromatic rings. The molecule has 182 valence electrons. The molecule has 0 radical (unpaired) electrons. The number of rotatable bonds is 10. The summed E-state index contributed by atoms with van der Waals surface area (Å²) in [6.45, 7) is 9.04. The lowest BCUT2D eigenvalue weighted by atomic mass is 10.2. The van der Waals surface area contributed by atoms with Crippen molar-refractivity contribution >= 4 is 34.0 Å². The van der Waals surface area contributed by atoms with Crippen LogP contribution in [0.4, 0.5) is 11.5 Å². The lowest BCUT2D eigenvalue weighted by molar-refractivity contribution is 0.0358. The average molecular weight is 489 g/mol. The Bertz CT molecular complexity index is 1110. The lowest BCUT2D eigenvalue weighted by Gasteiger charge is -2.26. The maximum Gasteiger partial charge on any atom is 0.257 e. The van der Waals surface area contributed by atoms with Crippen molar-refractivity contribution in [3.63, 3.8) is 0 Å². The van der Waals surface area contributed by atoms with Crippen molar-refractivity contribution in [1.29, 1.82) is 0 Å². The number of fused-ring (bicyclic) bond motifs is 1. The molecule has 1 aromatic carbocycles. The Morgan fingerprint density at radius 1 is 1.15 bits per heavy atom. The number of halogens is 1. The van der Waals surface area contributed by atoms with E-state index in [1.54, 1.807) is 6.07 Å². The topological polar surface area (TPSA) is 104 Å². The highest BCUT2D eigenvalue weighted by Gasteiger charge is 2.17. The standard InChI is InChI=1S/C23H29ClN6O4/c1-15(2)34-19-12-16(33-8-4-5-30-6-9-32-10-7-30)11-17-21(19)22(26-14-25-17)27-18-13-20(24)28-29-23(18)31-3/h11-15H,4-10H2,1-3H3,(H,25,26,27,28). The number of anilines is 2. The van der Waals surface area contributed by atoms with Crippen molar-refractivity contribution in [3.8, 4) is 17.4 Å². The van der Waals surface area contributed by atoms with E-state index in [1.807, 2.05) is 26.0 Å². The second-order valence-electron chi connectivity index (χ2n) is 8.08. The Morgan fingerprint density at radius 3 is 2.74 bits per heavy atom. The summed E-state index contributed by atoms with van der Waals surface area (Å²) in [4.78, 5) is 11.3. The molecule has 3 heterocycles. The van der Waals surface area contributed by atoms with Crippen LogP contribution in [0.2, 0.25) is 5.15 Å². The molecule has 2 aromatic heterocycles. The van der Waals surface area contributed by atoms with Gasteiger partial charge in [-0.3, -0.25) is 4.90 Å². The molecule has 0 unspecified atom stereocenters. The summed E-state index contributed by atoms with van der Waals surface area (Å²) >= 11 is 6.04. The fourth-order valence-corrected chi connectivity index (χ4v) is 3.83. The minimum Gasteiger partial charge on any atom is -0.493 e. The highest BCUT2D eigenvalue weighted by molar-refractivity contribution is 6.29. The summed E-state index contributed by atoms with van der Waals surface area (Å²) in [5.41, 5.74) is 1.22. The van der Waals surface area contributed by atoms with Crippen LogP contribution in [0.5, 0.6) is 17.4 Å². The van der Waals surface area contributed by atoms with Gasteiger partial charge < -0.3 is 24.3 Å². The smallest absolute Gasteiger partial charge is 0.257 e. The molecular formula is C23H29ClN6O4. The zero-order chi connectivity index (χ0) is 23.9. The molecule has 1 N–H and O–H groups in total. The summed E-state index contributed by atoms with van der Waals surface area (Å²) in [7, 11) is 1.51. The van der Waals surface area contributed by atoms with Gasteiger partial charge in [0.25, 0.3) is 5.88 Å². The highest BCUT2D eigenvalue weighted by Crippen LogP contribution is 2.37. The van der Waals surface area contributed by atoms with Crippen molar-refractivity contribution in [2.24, 2.45) is 0 Å². The number of morpholine rings is 1. The minimum atomic E-state index is -0.0561. The van der Waals surface area contributed by atoms with Gasteiger partial charge in [0.15, 0.2) is 5.15 Å². The molecule has 1 saturated heterocycles. The van der Waals surface area contributed by atoms with E-state index in [-0.39, 0.29) is 11.3 Å². The molecule has 0 spiro atoms. The third-order valence-corrected chi connectivity index (χ3v) is 5.39. The quantitative estimate of drug-likeness (QED) is 0.424. The molecule has 11 heteroatoms. The number of hydrogen-bond donors (Lipinski definition) is 1. The molecule has 1 aliphatic heterocycles. The van der Waals surface area contributed by atoms with Gasteiger partial charge in [-0.1, -0.05) is 11.6 Å². The Morgan fingerprint density at radius 2 is 1.97 bits per heavy atom. The normalized spacial score (nSPS) is 14.4. The molecule has 0 atom stereocenters. The molecule has 1 fully saturated rings. The largest absolute Gasteiger partial charge is 0.493 e. The highest BCUT2D eigenvalue weighted by atomic mass is 35.5. The fraction of sp³-hybridized carbons (Fsp3) is 0.478. The minimum absolute atomic E-state index is 0.0561. The number of aromatic nitrogens is 4. The predicted molar refractivity (Wildman–Crippen MR) is 130 cm³/mol. The Balaban J connectivity index is 1.57. The fourth-order valence-electron chi connectivity index (χ4n) is 3.68. The Labute approximate surface area is 203 Å². The number of ether oxygens (including phenoxy) is 4. The first-order valence-corrected chi connectivity index (χ1v) is 11.6. The van der Waals surface area contributed by atoms with Gasteiger partial charge >= 0.3 is 0 Å². The summed E-state index contributed by atoms with van der Waals surface area (Å²) < 4.78 is 22.9. The van der Waals surface area contributed by atoms with E-state index in [1.165, 1.54) is 13.4 Å². The van der Waals surface area contributed by atoms with Crippen LogP contribution >= 0.6 is 11.6 Å². The monoisotopic (exact) mass is 488 g/mol. The Kier molecular flexibility index (Phi) is 8.15. The first-order chi connectivity index (χ1) is 16.5. The van der Waals surface area contributed by atoms with Gasteiger partial charge in [0.1, 0.15) is 29.3 Å². The number of methoxy groups -OCH3 is 1. The molecule has 34 heavy (non-hydrogen) atoms. The van der Waals surface area contributed by atoms with E-state index in [2.05, 4.69) is 30.4 Å². The van der Waals surface area contributed by atoms with Gasteiger partial charge in [0.2, 0.25) is 0 Å². The van der Waals surface area contributed by atoms with Crippen LogP contribution in [0, 0.1) is 0 Å². The zero-order valence-electron chi connectivity index (χ0n) is 19.6. The predicted octanol–water partition coefficient (Wildman–Crippen LogP) is 3.71. The van der Waals surface area contributed by atoms with Crippen LogP contribution in [0.1, 0.15) is 20.3 Å². The summed E-state index contributed by atoms with van der Waals surface area (Å²) in [6, 6.07) is 5.38. The van der Waals surface area contributed by atoms with E-state index in [9.17, 15) is 0 Å². The van der Waals surface area contributed by atoms with Crippen molar-refractivity contribution < 1.29 is 18.9 Å². The molecule has 1 aliphatic rings. The molecule has 0 bridgehead atoms. The summed E-state index contributed by atoms with van der Waals surface area (Å²) in [6.07, 6.45) is 2.35. The lowest BCUT2D eigenvalue weighted by Crippen LogP contribution is -2.37. The number of nitrogens with zero attached hydrogens (tertiary/aromatic N) is 5. The van der Waals surface area contributed by atoms with E-state index in [0.717, 1.165) is 39.3 Å². The number of benzene rings is 1. The van der Waals surface area contributed by atoms with Gasteiger partial charge in [-0.15, -0.1) is 10.2 Å². The van der Waals surface area contributed by atoms with Gasteiger partial charge in [-0.05, 0) is 20.3 Å². The first-order valence-electron chi connectivity index (χ1n) is 11.3. The SMILES string of the molecule is COc1nnc(Cl)cc1Nc1ncnc2cc(OCCCN3CCOCC3)cc(OC(C)C)c12. The van der Waals surface area contributed by atoms with E-state index in [4.69, 9.17) is 30.5 Å². The maximum absolute atomic E-state index is 6.12.